The van der Waals surface area contributed by atoms with Crippen molar-refractivity contribution in [1.29, 1.82) is 0 Å². The van der Waals surface area contributed by atoms with Crippen molar-refractivity contribution in [2.45, 2.75) is 26.7 Å². The Hall–Kier alpha value is 0.110. The van der Waals surface area contributed by atoms with Gasteiger partial charge in [0, 0.05) is 12.3 Å². The zero-order valence-electron chi connectivity index (χ0n) is 8.25. The Morgan fingerprint density at radius 3 is 2.83 bits per heavy atom. The highest BCUT2D eigenvalue weighted by molar-refractivity contribution is 7.82. The second kappa shape index (κ2) is 4.38. The van der Waals surface area contributed by atoms with Gasteiger partial charge in [-0.05, 0) is 25.3 Å². The van der Waals surface area contributed by atoms with Crippen molar-refractivity contribution >= 4 is 11.0 Å². The van der Waals surface area contributed by atoms with Gasteiger partial charge in [-0.3, -0.25) is 0 Å². The minimum Gasteiger partial charge on any atom is -0.243 e. The molecule has 0 bridgehead atoms. The van der Waals surface area contributed by atoms with E-state index in [2.05, 4.69) is 13.8 Å². The third-order valence-electron chi connectivity index (χ3n) is 2.71. The first-order valence-corrected chi connectivity index (χ1v) is 6.02. The predicted octanol–water partition coefficient (Wildman–Crippen LogP) is 1.65. The molecule has 0 aromatic rings. The van der Waals surface area contributed by atoms with E-state index in [0.717, 1.165) is 12.3 Å². The van der Waals surface area contributed by atoms with E-state index in [0.29, 0.717) is 11.8 Å². The molecule has 1 aliphatic heterocycles. The van der Waals surface area contributed by atoms with Gasteiger partial charge in [-0.15, -0.1) is 0 Å². The van der Waals surface area contributed by atoms with E-state index in [1.54, 1.807) is 0 Å². The first-order chi connectivity index (χ1) is 5.65. The Bertz CT molecular complexity index is 172. The van der Waals surface area contributed by atoms with Gasteiger partial charge in [0.05, 0.1) is 11.0 Å². The van der Waals surface area contributed by atoms with Crippen LogP contribution in [0.1, 0.15) is 26.7 Å². The minimum absolute atomic E-state index is 0.687. The molecule has 0 amide bonds. The lowest BCUT2D eigenvalue weighted by Crippen LogP contribution is -2.40. The molecule has 0 aromatic carbocycles. The smallest absolute Gasteiger partial charge is 0.0942 e. The Balaban J connectivity index is 2.49. The van der Waals surface area contributed by atoms with Crippen LogP contribution in [0, 0.1) is 11.8 Å². The molecule has 1 fully saturated rings. The molecule has 1 saturated heterocycles. The summed E-state index contributed by atoms with van der Waals surface area (Å²) in [6.07, 6.45) is 2.46. The van der Waals surface area contributed by atoms with Crippen molar-refractivity contribution in [2.24, 2.45) is 11.8 Å². The van der Waals surface area contributed by atoms with Crippen LogP contribution in [0.4, 0.5) is 0 Å². The van der Waals surface area contributed by atoms with Gasteiger partial charge in [0.1, 0.15) is 0 Å². The third-order valence-corrected chi connectivity index (χ3v) is 4.27. The Morgan fingerprint density at radius 2 is 2.25 bits per heavy atom. The summed E-state index contributed by atoms with van der Waals surface area (Å²) in [5.74, 6) is 2.28. The molecule has 3 atom stereocenters. The molecule has 1 aliphatic rings. The van der Waals surface area contributed by atoms with Gasteiger partial charge in [0.15, 0.2) is 0 Å². The highest BCUT2D eigenvalue weighted by Crippen LogP contribution is 2.24. The lowest BCUT2D eigenvalue weighted by atomic mass is 9.91. The fourth-order valence-electron chi connectivity index (χ4n) is 1.85. The molecular formula is C9H19NOS. The van der Waals surface area contributed by atoms with Crippen LogP contribution in [0.5, 0.6) is 0 Å². The van der Waals surface area contributed by atoms with Gasteiger partial charge in [-0.1, -0.05) is 20.3 Å². The highest BCUT2D eigenvalue weighted by atomic mass is 32.2. The van der Waals surface area contributed by atoms with E-state index in [1.807, 2.05) is 11.4 Å². The van der Waals surface area contributed by atoms with Crippen molar-refractivity contribution in [3.8, 4) is 0 Å². The fraction of sp³-hybridized carbons (Fsp3) is 1.00. The van der Waals surface area contributed by atoms with Crippen LogP contribution in [0.2, 0.25) is 0 Å². The molecule has 3 heteroatoms. The summed E-state index contributed by atoms with van der Waals surface area (Å²) in [6, 6.07) is 0. The average Bonchev–Trinajstić information content (AvgIpc) is 2.01. The summed E-state index contributed by atoms with van der Waals surface area (Å²) < 4.78 is 13.4. The molecule has 0 aliphatic carbocycles. The molecular weight excluding hydrogens is 170 g/mol. The van der Waals surface area contributed by atoms with Crippen LogP contribution in [-0.4, -0.2) is 27.9 Å². The molecule has 1 rings (SSSR count). The van der Waals surface area contributed by atoms with Crippen LogP contribution < -0.4 is 0 Å². The standard InChI is InChI=1S/C9H19NOS/c1-4-5-9-7-12(11)10(3)6-8(9)2/h8-9H,4-7H2,1-3H3. The maximum absolute atomic E-state index is 11.5. The first-order valence-electron chi connectivity index (χ1n) is 4.74. The molecule has 72 valence electrons. The first kappa shape index (κ1) is 10.2. The van der Waals surface area contributed by atoms with E-state index in [4.69, 9.17) is 0 Å². The molecule has 3 unspecified atom stereocenters. The van der Waals surface area contributed by atoms with E-state index in [-0.39, 0.29) is 0 Å². The Morgan fingerprint density at radius 1 is 1.58 bits per heavy atom. The summed E-state index contributed by atoms with van der Waals surface area (Å²) in [7, 11) is 1.25. The van der Waals surface area contributed by atoms with E-state index in [9.17, 15) is 4.21 Å². The molecule has 0 radical (unpaired) electrons. The summed E-state index contributed by atoms with van der Waals surface area (Å²) in [4.78, 5) is 0. The predicted molar refractivity (Wildman–Crippen MR) is 53.2 cm³/mol. The third kappa shape index (κ3) is 2.30. The van der Waals surface area contributed by atoms with E-state index in [1.165, 1.54) is 12.8 Å². The average molecular weight is 189 g/mol. The molecule has 0 spiro atoms. The van der Waals surface area contributed by atoms with E-state index >= 15 is 0 Å². The number of hydrogen-bond acceptors (Lipinski definition) is 1. The lowest BCUT2D eigenvalue weighted by molar-refractivity contribution is 0.286. The molecule has 2 nitrogen and oxygen atoms in total. The number of rotatable bonds is 2. The second-order valence-corrected chi connectivity index (χ2v) is 5.42. The maximum Gasteiger partial charge on any atom is 0.0942 e. The number of nitrogens with zero attached hydrogens (tertiary/aromatic N) is 1. The Labute approximate surface area is 77.9 Å². The zero-order valence-corrected chi connectivity index (χ0v) is 9.06. The van der Waals surface area contributed by atoms with Crippen molar-refractivity contribution in [3.63, 3.8) is 0 Å². The van der Waals surface area contributed by atoms with Crippen molar-refractivity contribution in [1.82, 2.24) is 4.31 Å². The monoisotopic (exact) mass is 189 g/mol. The topological polar surface area (TPSA) is 20.3 Å². The van der Waals surface area contributed by atoms with Gasteiger partial charge in [0.2, 0.25) is 0 Å². The maximum atomic E-state index is 11.5. The SMILES string of the molecule is CCCC1CS(=O)N(C)CC1C. The number of hydrogen-bond donors (Lipinski definition) is 0. The van der Waals surface area contributed by atoms with Gasteiger partial charge in [-0.25, -0.2) is 8.51 Å². The quantitative estimate of drug-likeness (QED) is 0.647. The fourth-order valence-corrected chi connectivity index (χ4v) is 3.37. The summed E-state index contributed by atoms with van der Waals surface area (Å²) in [6.45, 7) is 5.47. The molecule has 0 saturated carbocycles. The van der Waals surface area contributed by atoms with Gasteiger partial charge in [-0.2, -0.15) is 0 Å². The summed E-state index contributed by atoms with van der Waals surface area (Å²) in [5, 5.41) is 0. The highest BCUT2D eigenvalue weighted by Gasteiger charge is 2.27. The normalized spacial score (nSPS) is 38.4. The molecule has 0 N–H and O–H groups in total. The zero-order chi connectivity index (χ0) is 9.14. The second-order valence-electron chi connectivity index (χ2n) is 3.82. The summed E-state index contributed by atoms with van der Waals surface area (Å²) >= 11 is 0. The van der Waals surface area contributed by atoms with Crippen molar-refractivity contribution in [2.75, 3.05) is 19.3 Å². The van der Waals surface area contributed by atoms with Gasteiger partial charge in [0.25, 0.3) is 0 Å². The van der Waals surface area contributed by atoms with Crippen LogP contribution >= 0.6 is 0 Å². The minimum atomic E-state index is -0.704. The molecule has 12 heavy (non-hydrogen) atoms. The van der Waals surface area contributed by atoms with Crippen LogP contribution in [0.15, 0.2) is 0 Å². The van der Waals surface area contributed by atoms with Gasteiger partial charge >= 0.3 is 0 Å². The van der Waals surface area contributed by atoms with Crippen LogP contribution in [-0.2, 0) is 11.0 Å². The van der Waals surface area contributed by atoms with Crippen molar-refractivity contribution in [3.05, 3.63) is 0 Å². The van der Waals surface area contributed by atoms with Gasteiger partial charge < -0.3 is 0 Å². The van der Waals surface area contributed by atoms with E-state index < -0.39 is 11.0 Å². The van der Waals surface area contributed by atoms with Crippen LogP contribution in [0.25, 0.3) is 0 Å². The van der Waals surface area contributed by atoms with Crippen LogP contribution in [0.3, 0.4) is 0 Å². The summed E-state index contributed by atoms with van der Waals surface area (Å²) in [5.41, 5.74) is 0. The Kier molecular flexibility index (Phi) is 3.72. The largest absolute Gasteiger partial charge is 0.243 e. The molecule has 1 heterocycles. The lowest BCUT2D eigenvalue weighted by Gasteiger charge is -2.33. The molecule has 0 aromatic heterocycles. The van der Waals surface area contributed by atoms with Crippen molar-refractivity contribution < 1.29 is 4.21 Å².